The highest BCUT2D eigenvalue weighted by atomic mass is 16.5. The minimum atomic E-state index is -0.365. The number of aryl methyl sites for hydroxylation is 1. The molecule has 8 nitrogen and oxygen atoms in total. The van der Waals surface area contributed by atoms with E-state index < -0.39 is 0 Å². The Morgan fingerprint density at radius 2 is 1.85 bits per heavy atom. The zero-order valence-corrected chi connectivity index (χ0v) is 15.0. The maximum Gasteiger partial charge on any atom is 0.337 e. The Morgan fingerprint density at radius 1 is 1.11 bits per heavy atom. The smallest absolute Gasteiger partial charge is 0.337 e. The minimum Gasteiger partial charge on any atom is -0.465 e. The normalized spacial score (nSPS) is 10.4. The number of aromatic nitrogens is 4. The van der Waals surface area contributed by atoms with Crippen molar-refractivity contribution in [2.24, 2.45) is 0 Å². The number of carbonyl (C=O) groups excluding carboxylic acids is 2. The second-order valence-electron chi connectivity index (χ2n) is 5.95. The van der Waals surface area contributed by atoms with Crippen molar-refractivity contribution < 1.29 is 14.3 Å². The predicted octanol–water partition coefficient (Wildman–Crippen LogP) is 1.73. The van der Waals surface area contributed by atoms with Gasteiger partial charge in [-0.3, -0.25) is 4.79 Å². The molecular weight excluding hydrogens is 346 g/mol. The molecule has 0 saturated carbocycles. The van der Waals surface area contributed by atoms with Gasteiger partial charge in [0.25, 0.3) is 5.91 Å². The summed E-state index contributed by atoms with van der Waals surface area (Å²) in [6.07, 6.45) is 2.17. The first-order valence-corrected chi connectivity index (χ1v) is 8.38. The number of ether oxygens (including phenoxy) is 1. The lowest BCUT2D eigenvalue weighted by molar-refractivity contribution is 0.0600. The lowest BCUT2D eigenvalue weighted by Gasteiger charge is -2.09. The molecule has 0 saturated heterocycles. The summed E-state index contributed by atoms with van der Waals surface area (Å²) in [5.74, 6) is -0.511. The summed E-state index contributed by atoms with van der Waals surface area (Å²) in [7, 11) is 1.35. The minimum absolute atomic E-state index is 0.146. The fourth-order valence-electron chi connectivity index (χ4n) is 2.67. The second-order valence-corrected chi connectivity index (χ2v) is 5.95. The van der Waals surface area contributed by atoms with Crippen LogP contribution < -0.4 is 5.32 Å². The molecule has 0 spiro atoms. The highest BCUT2D eigenvalue weighted by Gasteiger charge is 2.09. The summed E-state index contributed by atoms with van der Waals surface area (Å²) in [5.41, 5.74) is 3.82. The summed E-state index contributed by atoms with van der Waals surface area (Å²) in [5, 5.41) is 14.0. The summed E-state index contributed by atoms with van der Waals surface area (Å²) in [6.45, 7) is 2.39. The third-order valence-electron chi connectivity index (χ3n) is 4.13. The van der Waals surface area contributed by atoms with Crippen LogP contribution in [0.4, 0.5) is 0 Å². The van der Waals surface area contributed by atoms with E-state index in [1.165, 1.54) is 13.4 Å². The molecule has 0 radical (unpaired) electrons. The van der Waals surface area contributed by atoms with Gasteiger partial charge in [0.1, 0.15) is 6.33 Å². The van der Waals surface area contributed by atoms with Crippen molar-refractivity contribution in [2.45, 2.75) is 13.3 Å². The summed E-state index contributed by atoms with van der Waals surface area (Å²) in [4.78, 5) is 23.8. The van der Waals surface area contributed by atoms with Gasteiger partial charge < -0.3 is 10.1 Å². The summed E-state index contributed by atoms with van der Waals surface area (Å²) in [6, 6.07) is 12.5. The number of benzene rings is 2. The van der Waals surface area contributed by atoms with Crippen LogP contribution in [-0.4, -0.2) is 45.7 Å². The molecule has 138 valence electrons. The van der Waals surface area contributed by atoms with Crippen LogP contribution in [0.5, 0.6) is 0 Å². The lowest BCUT2D eigenvalue weighted by atomic mass is 10.1. The van der Waals surface area contributed by atoms with Gasteiger partial charge in [-0.1, -0.05) is 12.1 Å². The number of amides is 1. The first kappa shape index (κ1) is 18.2. The van der Waals surface area contributed by atoms with E-state index in [4.69, 9.17) is 0 Å². The molecule has 0 aliphatic carbocycles. The first-order valence-electron chi connectivity index (χ1n) is 8.38. The number of tetrazole rings is 1. The van der Waals surface area contributed by atoms with Crippen molar-refractivity contribution in [1.29, 1.82) is 0 Å². The maximum absolute atomic E-state index is 12.3. The standard InChI is InChI=1S/C19H19N5O3/c1-13-11-16(7-8-17(13)24-12-21-22-23-24)18(25)20-10-9-14-3-5-15(6-4-14)19(26)27-2/h3-8,11-12H,9-10H2,1-2H3,(H,20,25). The predicted molar refractivity (Wildman–Crippen MR) is 97.7 cm³/mol. The van der Waals surface area contributed by atoms with Crippen molar-refractivity contribution in [3.63, 3.8) is 0 Å². The molecule has 0 fully saturated rings. The lowest BCUT2D eigenvalue weighted by Crippen LogP contribution is -2.25. The van der Waals surface area contributed by atoms with Crippen LogP contribution in [0.15, 0.2) is 48.8 Å². The molecule has 0 bridgehead atoms. The van der Waals surface area contributed by atoms with Crippen LogP contribution >= 0.6 is 0 Å². The fraction of sp³-hybridized carbons (Fsp3) is 0.211. The van der Waals surface area contributed by atoms with Gasteiger partial charge in [0.2, 0.25) is 0 Å². The van der Waals surface area contributed by atoms with Gasteiger partial charge in [-0.2, -0.15) is 0 Å². The topological polar surface area (TPSA) is 99.0 Å². The van der Waals surface area contributed by atoms with E-state index in [-0.39, 0.29) is 11.9 Å². The fourth-order valence-corrected chi connectivity index (χ4v) is 2.67. The van der Waals surface area contributed by atoms with Gasteiger partial charge in [-0.25, -0.2) is 9.48 Å². The third kappa shape index (κ3) is 4.35. The molecule has 3 aromatic rings. The van der Waals surface area contributed by atoms with Crippen LogP contribution in [0, 0.1) is 6.92 Å². The average Bonchev–Trinajstić information content (AvgIpc) is 3.22. The largest absolute Gasteiger partial charge is 0.465 e. The molecule has 1 amide bonds. The number of methoxy groups -OCH3 is 1. The van der Waals surface area contributed by atoms with Crippen molar-refractivity contribution in [2.75, 3.05) is 13.7 Å². The van der Waals surface area contributed by atoms with E-state index in [9.17, 15) is 9.59 Å². The number of hydrogen-bond acceptors (Lipinski definition) is 6. The average molecular weight is 365 g/mol. The summed E-state index contributed by atoms with van der Waals surface area (Å²) >= 11 is 0. The molecule has 8 heteroatoms. The molecule has 0 aliphatic rings. The van der Waals surface area contributed by atoms with Gasteiger partial charge in [-0.15, -0.1) is 5.10 Å². The first-order chi connectivity index (χ1) is 13.1. The molecule has 0 atom stereocenters. The van der Waals surface area contributed by atoms with Crippen LogP contribution in [0.25, 0.3) is 5.69 Å². The van der Waals surface area contributed by atoms with Gasteiger partial charge in [-0.05, 0) is 65.2 Å². The Hall–Kier alpha value is -3.55. The van der Waals surface area contributed by atoms with Gasteiger partial charge >= 0.3 is 5.97 Å². The molecule has 0 unspecified atom stereocenters. The van der Waals surface area contributed by atoms with E-state index in [1.54, 1.807) is 28.9 Å². The van der Waals surface area contributed by atoms with Gasteiger partial charge in [0.15, 0.2) is 0 Å². The van der Waals surface area contributed by atoms with E-state index in [2.05, 4.69) is 25.6 Å². The van der Waals surface area contributed by atoms with Crippen LogP contribution in [-0.2, 0) is 11.2 Å². The van der Waals surface area contributed by atoms with Gasteiger partial charge in [0.05, 0.1) is 18.4 Å². The Kier molecular flexibility index (Phi) is 5.55. The van der Waals surface area contributed by atoms with Crippen molar-refractivity contribution >= 4 is 11.9 Å². The Morgan fingerprint density at radius 3 is 2.48 bits per heavy atom. The maximum atomic E-state index is 12.3. The quantitative estimate of drug-likeness (QED) is 0.668. The van der Waals surface area contributed by atoms with Crippen molar-refractivity contribution in [1.82, 2.24) is 25.5 Å². The molecule has 1 aromatic heterocycles. The number of hydrogen-bond donors (Lipinski definition) is 1. The number of nitrogens with zero attached hydrogens (tertiary/aromatic N) is 4. The monoisotopic (exact) mass is 365 g/mol. The van der Waals surface area contributed by atoms with E-state index >= 15 is 0 Å². The second kappa shape index (κ2) is 8.22. The zero-order chi connectivity index (χ0) is 19.2. The van der Waals surface area contributed by atoms with Gasteiger partial charge in [0, 0.05) is 12.1 Å². The van der Waals surface area contributed by atoms with E-state index in [1.807, 2.05) is 25.1 Å². The third-order valence-corrected chi connectivity index (χ3v) is 4.13. The zero-order valence-electron chi connectivity index (χ0n) is 15.0. The number of esters is 1. The van der Waals surface area contributed by atoms with E-state index in [0.29, 0.717) is 24.1 Å². The SMILES string of the molecule is COC(=O)c1ccc(CCNC(=O)c2ccc(-n3cnnn3)c(C)c2)cc1. The highest BCUT2D eigenvalue weighted by Crippen LogP contribution is 2.14. The number of rotatable bonds is 6. The molecular formula is C19H19N5O3. The molecule has 2 aromatic carbocycles. The van der Waals surface area contributed by atoms with Crippen molar-refractivity contribution in [3.05, 3.63) is 71.0 Å². The Bertz CT molecular complexity index is 936. The Labute approximate surface area is 156 Å². The molecule has 1 heterocycles. The van der Waals surface area contributed by atoms with Crippen LogP contribution in [0.2, 0.25) is 0 Å². The number of carbonyl (C=O) groups is 2. The molecule has 1 N–H and O–H groups in total. The Balaban J connectivity index is 1.56. The highest BCUT2D eigenvalue weighted by molar-refractivity contribution is 5.94. The number of nitrogens with one attached hydrogen (secondary N) is 1. The molecule has 3 rings (SSSR count). The summed E-state index contributed by atoms with van der Waals surface area (Å²) < 4.78 is 6.22. The van der Waals surface area contributed by atoms with Crippen molar-refractivity contribution in [3.8, 4) is 5.69 Å². The molecule has 27 heavy (non-hydrogen) atoms. The van der Waals surface area contributed by atoms with Crippen LogP contribution in [0.3, 0.4) is 0 Å². The van der Waals surface area contributed by atoms with Crippen LogP contribution in [0.1, 0.15) is 31.8 Å². The molecule has 0 aliphatic heterocycles. The van der Waals surface area contributed by atoms with E-state index in [0.717, 1.165) is 16.8 Å².